The van der Waals surface area contributed by atoms with Gasteiger partial charge in [0.25, 0.3) is 0 Å². The van der Waals surface area contributed by atoms with Gasteiger partial charge in [-0.15, -0.1) is 10.2 Å². The number of rotatable bonds is 3. The first-order valence-electron chi connectivity index (χ1n) is 9.64. The molecular formula is C20H22N8O. The average Bonchev–Trinajstić information content (AvgIpc) is 3.36. The van der Waals surface area contributed by atoms with Crippen LogP contribution in [0.25, 0.3) is 11.0 Å². The van der Waals surface area contributed by atoms with Crippen LogP contribution in [0.4, 0.5) is 5.69 Å². The highest BCUT2D eigenvalue weighted by atomic mass is 16.4. The molecule has 3 aromatic heterocycles. The quantitative estimate of drug-likeness (QED) is 0.711. The zero-order chi connectivity index (χ0) is 20.1. The highest BCUT2D eigenvalue weighted by Gasteiger charge is 2.40. The number of aryl methyl sites for hydroxylation is 2. The summed E-state index contributed by atoms with van der Waals surface area (Å²) in [6, 6.07) is 4.08. The third kappa shape index (κ3) is 2.98. The zero-order valence-corrected chi connectivity index (χ0v) is 16.8. The zero-order valence-electron chi connectivity index (χ0n) is 16.8. The molecule has 9 nitrogen and oxygen atoms in total. The van der Waals surface area contributed by atoms with Crippen molar-refractivity contribution in [2.24, 2.45) is 15.9 Å². The van der Waals surface area contributed by atoms with Crippen molar-refractivity contribution >= 4 is 28.9 Å². The molecule has 0 saturated carbocycles. The van der Waals surface area contributed by atoms with E-state index in [0.29, 0.717) is 24.2 Å². The minimum atomic E-state index is -0.00136. The second-order valence-electron chi connectivity index (χ2n) is 7.69. The topological polar surface area (TPSA) is 108 Å². The maximum Gasteiger partial charge on any atom is 0.225 e. The van der Waals surface area contributed by atoms with Gasteiger partial charge in [-0.2, -0.15) is 0 Å². The number of hydrazine groups is 1. The fraction of sp³-hybridized carbons (Fsp3) is 0.350. The third-order valence-corrected chi connectivity index (χ3v) is 5.18. The lowest BCUT2D eigenvalue weighted by Crippen LogP contribution is -2.40. The average molecular weight is 390 g/mol. The van der Waals surface area contributed by atoms with E-state index in [-0.39, 0.29) is 11.8 Å². The molecule has 0 radical (unpaired) electrons. The Morgan fingerprint density at radius 1 is 1.24 bits per heavy atom. The maximum absolute atomic E-state index is 5.75. The Morgan fingerprint density at radius 3 is 2.86 bits per heavy atom. The first kappa shape index (κ1) is 17.6. The lowest BCUT2D eigenvalue weighted by Gasteiger charge is -2.25. The van der Waals surface area contributed by atoms with Gasteiger partial charge in [0.05, 0.1) is 24.3 Å². The summed E-state index contributed by atoms with van der Waals surface area (Å²) in [4.78, 5) is 17.1. The molecule has 9 heteroatoms. The molecule has 0 aromatic carbocycles. The Labute approximate surface area is 167 Å². The van der Waals surface area contributed by atoms with Gasteiger partial charge in [0.15, 0.2) is 5.84 Å². The molecule has 0 aliphatic carbocycles. The van der Waals surface area contributed by atoms with Gasteiger partial charge in [0.2, 0.25) is 11.8 Å². The number of aromatic nitrogens is 4. The minimum Gasteiger partial charge on any atom is -0.425 e. The number of H-pyrrole nitrogens is 1. The summed E-state index contributed by atoms with van der Waals surface area (Å²) >= 11 is 0. The van der Waals surface area contributed by atoms with Crippen LogP contribution in [0.5, 0.6) is 0 Å². The van der Waals surface area contributed by atoms with Crippen LogP contribution >= 0.6 is 0 Å². The Balaban J connectivity index is 1.61. The predicted molar refractivity (Wildman–Crippen MR) is 110 cm³/mol. The number of pyridine rings is 1. The van der Waals surface area contributed by atoms with Crippen LogP contribution < -0.4 is 5.43 Å². The fourth-order valence-electron chi connectivity index (χ4n) is 4.03. The van der Waals surface area contributed by atoms with E-state index in [1.165, 1.54) is 5.57 Å². The van der Waals surface area contributed by atoms with Crippen LogP contribution in [-0.2, 0) is 0 Å². The molecule has 148 valence electrons. The first-order valence-corrected chi connectivity index (χ1v) is 9.64. The molecule has 2 N–H and O–H groups in total. The van der Waals surface area contributed by atoms with Crippen LogP contribution in [0, 0.1) is 19.8 Å². The van der Waals surface area contributed by atoms with Crippen molar-refractivity contribution in [3.8, 4) is 0 Å². The largest absolute Gasteiger partial charge is 0.425 e. The number of hydrogen-bond donors (Lipinski definition) is 2. The standard InChI is InChI=1S/C20H22N8O/c1-10(2)16-15(20-27-26-12(4)29-20)8-28-17(16)19(22-9-23-28)25-14-6-13-5-11(3)24-18(13)21-7-14/h5-7,9-10,15H,8H2,1-4H3,(H,21,24)(H,22,23,25)/t15-/m0/s1. The van der Waals surface area contributed by atoms with Crippen LogP contribution in [0.1, 0.15) is 37.2 Å². The second kappa shape index (κ2) is 6.54. The molecule has 5 rings (SSSR count). The highest BCUT2D eigenvalue weighted by Crippen LogP contribution is 2.40. The molecule has 0 unspecified atom stereocenters. The summed E-state index contributed by atoms with van der Waals surface area (Å²) in [7, 11) is 0. The number of aliphatic imine (C=N–C) groups is 2. The van der Waals surface area contributed by atoms with E-state index in [1.54, 1.807) is 19.5 Å². The number of hydrogen-bond acceptors (Lipinski definition) is 7. The predicted octanol–water partition coefficient (Wildman–Crippen LogP) is 3.15. The summed E-state index contributed by atoms with van der Waals surface area (Å²) in [6.07, 6.45) is 3.42. The van der Waals surface area contributed by atoms with Gasteiger partial charge in [0.1, 0.15) is 17.7 Å². The van der Waals surface area contributed by atoms with E-state index in [9.17, 15) is 0 Å². The van der Waals surface area contributed by atoms with Gasteiger partial charge in [-0.25, -0.2) is 15.0 Å². The molecule has 29 heavy (non-hydrogen) atoms. The Kier molecular flexibility index (Phi) is 3.97. The van der Waals surface area contributed by atoms with Crippen molar-refractivity contribution in [3.63, 3.8) is 0 Å². The molecule has 2 aliphatic rings. The van der Waals surface area contributed by atoms with E-state index >= 15 is 0 Å². The van der Waals surface area contributed by atoms with Gasteiger partial charge in [-0.3, -0.25) is 10.4 Å². The van der Waals surface area contributed by atoms with Crippen molar-refractivity contribution in [3.05, 3.63) is 47.1 Å². The van der Waals surface area contributed by atoms with Crippen LogP contribution in [0.15, 0.2) is 44.0 Å². The smallest absolute Gasteiger partial charge is 0.225 e. The summed E-state index contributed by atoms with van der Waals surface area (Å²) in [5.74, 6) is 2.11. The summed E-state index contributed by atoms with van der Waals surface area (Å²) in [5.41, 5.74) is 8.05. The van der Waals surface area contributed by atoms with Crippen molar-refractivity contribution in [1.29, 1.82) is 0 Å². The number of nitrogens with one attached hydrogen (secondary N) is 2. The van der Waals surface area contributed by atoms with Gasteiger partial charge in [-0.1, -0.05) is 13.8 Å². The first-order chi connectivity index (χ1) is 14.0. The molecule has 2 aliphatic heterocycles. The molecule has 3 aromatic rings. The fourth-order valence-corrected chi connectivity index (χ4v) is 4.03. The van der Waals surface area contributed by atoms with Gasteiger partial charge in [-0.05, 0) is 30.5 Å². The van der Waals surface area contributed by atoms with Crippen LogP contribution in [0.3, 0.4) is 0 Å². The molecule has 0 bridgehead atoms. The SMILES string of the molecule is Cc1cc2cc(N=C3N=CNN4C[C@H](c5nnc(C)o5)C(C(C)C)=C34)cnc2[nH]1. The van der Waals surface area contributed by atoms with E-state index < -0.39 is 0 Å². The van der Waals surface area contributed by atoms with Gasteiger partial charge >= 0.3 is 0 Å². The van der Waals surface area contributed by atoms with Crippen LogP contribution in [0.2, 0.25) is 0 Å². The van der Waals surface area contributed by atoms with Crippen molar-refractivity contribution in [2.45, 2.75) is 33.6 Å². The van der Waals surface area contributed by atoms with E-state index in [4.69, 9.17) is 9.41 Å². The Bertz CT molecular complexity index is 1180. The molecular weight excluding hydrogens is 368 g/mol. The number of fused-ring (bicyclic) bond motifs is 2. The summed E-state index contributed by atoms with van der Waals surface area (Å²) < 4.78 is 5.75. The van der Waals surface area contributed by atoms with Crippen molar-refractivity contribution in [2.75, 3.05) is 6.54 Å². The minimum absolute atomic E-state index is 0.00136. The summed E-state index contributed by atoms with van der Waals surface area (Å²) in [5, 5.41) is 11.4. The lowest BCUT2D eigenvalue weighted by molar-refractivity contribution is 0.320. The van der Waals surface area contributed by atoms with Crippen molar-refractivity contribution < 1.29 is 4.42 Å². The van der Waals surface area contributed by atoms with E-state index in [0.717, 1.165) is 28.1 Å². The molecule has 5 heterocycles. The maximum atomic E-state index is 5.75. The van der Waals surface area contributed by atoms with Crippen molar-refractivity contribution in [1.82, 2.24) is 30.6 Å². The lowest BCUT2D eigenvalue weighted by atomic mass is 9.90. The molecule has 0 fully saturated rings. The number of nitrogens with zero attached hydrogens (tertiary/aromatic N) is 6. The molecule has 1 atom stereocenters. The number of aromatic amines is 1. The molecule has 0 saturated heterocycles. The third-order valence-electron chi connectivity index (χ3n) is 5.18. The second-order valence-corrected chi connectivity index (χ2v) is 7.69. The molecule has 0 spiro atoms. The van der Waals surface area contributed by atoms with Gasteiger partial charge in [0, 0.05) is 18.0 Å². The number of amidine groups is 1. The van der Waals surface area contributed by atoms with Gasteiger partial charge < -0.3 is 9.40 Å². The Hall–Kier alpha value is -3.49. The highest BCUT2D eigenvalue weighted by molar-refractivity contribution is 6.06. The normalized spacial score (nSPS) is 20.2. The summed E-state index contributed by atoms with van der Waals surface area (Å²) in [6.45, 7) is 8.83. The van der Waals surface area contributed by atoms with E-state index in [2.05, 4.69) is 55.5 Å². The molecule has 0 amide bonds. The van der Waals surface area contributed by atoms with E-state index in [1.807, 2.05) is 13.0 Å². The monoisotopic (exact) mass is 390 g/mol. The Morgan fingerprint density at radius 2 is 2.10 bits per heavy atom. The van der Waals surface area contributed by atoms with Crippen LogP contribution in [-0.4, -0.2) is 43.9 Å².